The summed E-state index contributed by atoms with van der Waals surface area (Å²) in [6, 6.07) is 11.5. The van der Waals surface area contributed by atoms with E-state index < -0.39 is 0 Å². The predicted molar refractivity (Wildman–Crippen MR) is 78.2 cm³/mol. The van der Waals surface area contributed by atoms with E-state index in [1.807, 2.05) is 36.4 Å². The van der Waals surface area contributed by atoms with Gasteiger partial charge in [0.2, 0.25) is 0 Å². The molecule has 0 radical (unpaired) electrons. The Kier molecular flexibility index (Phi) is 3.92. The first-order valence-corrected chi connectivity index (χ1v) is 7.23. The minimum Gasteiger partial charge on any atom is -0.307 e. The Bertz CT molecular complexity index is 568. The van der Waals surface area contributed by atoms with Crippen LogP contribution in [-0.2, 0) is 0 Å². The minimum absolute atomic E-state index is 0.0725. The van der Waals surface area contributed by atoms with E-state index in [0.29, 0.717) is 5.69 Å². The van der Waals surface area contributed by atoms with Gasteiger partial charge in [0.15, 0.2) is 5.78 Å². The summed E-state index contributed by atoms with van der Waals surface area (Å²) in [6.07, 6.45) is 6.08. The number of hydrogen-bond acceptors (Lipinski definition) is 3. The highest BCUT2D eigenvalue weighted by atomic mass is 16.1. The Morgan fingerprint density at radius 3 is 2.85 bits per heavy atom. The Morgan fingerprint density at radius 2 is 2.00 bits per heavy atom. The van der Waals surface area contributed by atoms with Crippen molar-refractivity contribution in [1.29, 1.82) is 0 Å². The molecule has 2 aromatic rings. The van der Waals surface area contributed by atoms with Gasteiger partial charge in [0.1, 0.15) is 5.69 Å². The zero-order valence-electron chi connectivity index (χ0n) is 11.5. The smallest absolute Gasteiger partial charge is 0.198 e. The van der Waals surface area contributed by atoms with Crippen LogP contribution in [0.2, 0.25) is 0 Å². The van der Waals surface area contributed by atoms with Crippen molar-refractivity contribution >= 4 is 5.78 Å². The highest BCUT2D eigenvalue weighted by Gasteiger charge is 2.24. The summed E-state index contributed by atoms with van der Waals surface area (Å²) in [7, 11) is 0. The van der Waals surface area contributed by atoms with Gasteiger partial charge in [-0.15, -0.1) is 0 Å². The second-order valence-corrected chi connectivity index (χ2v) is 5.18. The number of nitrogens with one attached hydrogen (secondary N) is 1. The number of Topliss-reactive ketones (excluding diaryl/α,β-unsaturated/α-hetero) is 1. The molecular formula is C16H19N3O. The van der Waals surface area contributed by atoms with Crippen LogP contribution in [0.5, 0.6) is 0 Å². The number of carbonyl (C=O) groups is 1. The standard InChI is InChI=1S/C16H19N3O/c20-16(14-9-5-2-6-11-17-14)15-10-12-18-19(15)13-7-3-1-4-8-13/h1,3-4,7-8,10,12,14,17H,2,5-6,9,11H2. The second-order valence-electron chi connectivity index (χ2n) is 5.18. The zero-order valence-corrected chi connectivity index (χ0v) is 11.5. The molecule has 1 saturated heterocycles. The van der Waals surface area contributed by atoms with E-state index in [0.717, 1.165) is 31.5 Å². The Labute approximate surface area is 118 Å². The highest BCUT2D eigenvalue weighted by Crippen LogP contribution is 2.16. The average Bonchev–Trinajstić information content (AvgIpc) is 2.82. The van der Waals surface area contributed by atoms with Crippen molar-refractivity contribution in [1.82, 2.24) is 15.1 Å². The van der Waals surface area contributed by atoms with Crippen LogP contribution in [0.3, 0.4) is 0 Å². The topological polar surface area (TPSA) is 46.9 Å². The van der Waals surface area contributed by atoms with Gasteiger partial charge in [-0.3, -0.25) is 4.79 Å². The van der Waals surface area contributed by atoms with Crippen LogP contribution in [-0.4, -0.2) is 28.2 Å². The maximum absolute atomic E-state index is 12.7. The maximum Gasteiger partial charge on any atom is 0.198 e. The molecule has 0 amide bonds. The second kappa shape index (κ2) is 6.01. The quantitative estimate of drug-likeness (QED) is 0.871. The lowest BCUT2D eigenvalue weighted by Crippen LogP contribution is -2.37. The molecule has 0 saturated carbocycles. The summed E-state index contributed by atoms with van der Waals surface area (Å²) < 4.78 is 1.73. The fourth-order valence-corrected chi connectivity index (χ4v) is 2.70. The number of nitrogens with zero attached hydrogens (tertiary/aromatic N) is 2. The van der Waals surface area contributed by atoms with E-state index >= 15 is 0 Å². The number of para-hydroxylation sites is 1. The summed E-state index contributed by atoms with van der Waals surface area (Å²) in [6.45, 7) is 0.926. The average molecular weight is 269 g/mol. The zero-order chi connectivity index (χ0) is 13.8. The molecule has 1 unspecified atom stereocenters. The van der Waals surface area contributed by atoms with E-state index in [-0.39, 0.29) is 11.8 Å². The fourth-order valence-electron chi connectivity index (χ4n) is 2.70. The Morgan fingerprint density at radius 1 is 1.15 bits per heavy atom. The molecule has 1 aromatic heterocycles. The third kappa shape index (κ3) is 2.65. The largest absolute Gasteiger partial charge is 0.307 e. The van der Waals surface area contributed by atoms with Gasteiger partial charge < -0.3 is 5.32 Å². The van der Waals surface area contributed by atoms with Gasteiger partial charge in [0.25, 0.3) is 0 Å². The summed E-state index contributed by atoms with van der Waals surface area (Å²) in [5.74, 6) is 0.147. The number of ketones is 1. The molecule has 2 heterocycles. The summed E-state index contributed by atoms with van der Waals surface area (Å²) in [5, 5.41) is 7.65. The lowest BCUT2D eigenvalue weighted by molar-refractivity contribution is 0.0933. The van der Waals surface area contributed by atoms with Crippen molar-refractivity contribution < 1.29 is 4.79 Å². The van der Waals surface area contributed by atoms with E-state index in [2.05, 4.69) is 10.4 Å². The molecule has 1 fully saturated rings. The predicted octanol–water partition coefficient (Wildman–Crippen LogP) is 2.59. The van der Waals surface area contributed by atoms with Gasteiger partial charge >= 0.3 is 0 Å². The Balaban J connectivity index is 1.87. The Hall–Kier alpha value is -1.94. The monoisotopic (exact) mass is 269 g/mol. The first kappa shape index (κ1) is 13.1. The van der Waals surface area contributed by atoms with Crippen LogP contribution in [0, 0.1) is 0 Å². The van der Waals surface area contributed by atoms with Crippen LogP contribution in [0.25, 0.3) is 5.69 Å². The minimum atomic E-state index is -0.0725. The lowest BCUT2D eigenvalue weighted by atomic mass is 10.0. The third-order valence-electron chi connectivity index (χ3n) is 3.77. The van der Waals surface area contributed by atoms with E-state index in [1.54, 1.807) is 10.9 Å². The van der Waals surface area contributed by atoms with E-state index in [4.69, 9.17) is 0 Å². The molecule has 0 bridgehead atoms. The van der Waals surface area contributed by atoms with Gasteiger partial charge in [-0.1, -0.05) is 31.0 Å². The molecule has 0 spiro atoms. The van der Waals surface area contributed by atoms with Crippen LogP contribution in [0.15, 0.2) is 42.6 Å². The number of benzene rings is 1. The number of rotatable bonds is 3. The molecule has 1 aliphatic rings. The van der Waals surface area contributed by atoms with Crippen LogP contribution < -0.4 is 5.32 Å². The van der Waals surface area contributed by atoms with E-state index in [9.17, 15) is 4.79 Å². The molecule has 1 atom stereocenters. The molecule has 1 aromatic carbocycles. The van der Waals surface area contributed by atoms with Crippen LogP contribution >= 0.6 is 0 Å². The van der Waals surface area contributed by atoms with Crippen molar-refractivity contribution in [3.63, 3.8) is 0 Å². The fraction of sp³-hybridized carbons (Fsp3) is 0.375. The molecule has 104 valence electrons. The molecular weight excluding hydrogens is 250 g/mol. The van der Waals surface area contributed by atoms with Gasteiger partial charge in [-0.05, 0) is 37.6 Å². The normalized spacial score (nSPS) is 19.5. The lowest BCUT2D eigenvalue weighted by Gasteiger charge is -2.15. The van der Waals surface area contributed by atoms with Crippen LogP contribution in [0.1, 0.15) is 36.2 Å². The third-order valence-corrected chi connectivity index (χ3v) is 3.77. The first-order valence-electron chi connectivity index (χ1n) is 7.23. The molecule has 1 N–H and O–H groups in total. The molecule has 3 rings (SSSR count). The summed E-state index contributed by atoms with van der Waals surface area (Å²) in [5.41, 5.74) is 1.59. The van der Waals surface area contributed by atoms with Crippen molar-refractivity contribution in [3.05, 3.63) is 48.3 Å². The number of hydrogen-bond donors (Lipinski definition) is 1. The molecule has 0 aliphatic carbocycles. The van der Waals surface area contributed by atoms with Gasteiger partial charge in [-0.2, -0.15) is 5.10 Å². The SMILES string of the molecule is O=C(c1ccnn1-c1ccccc1)C1CCCCCN1. The molecule has 4 nitrogen and oxygen atoms in total. The number of aromatic nitrogens is 2. The van der Waals surface area contributed by atoms with Crippen molar-refractivity contribution in [2.75, 3.05) is 6.54 Å². The molecule has 20 heavy (non-hydrogen) atoms. The number of carbonyl (C=O) groups excluding carboxylic acids is 1. The van der Waals surface area contributed by atoms with Gasteiger partial charge in [0.05, 0.1) is 17.9 Å². The van der Waals surface area contributed by atoms with E-state index in [1.165, 1.54) is 6.42 Å². The van der Waals surface area contributed by atoms with Gasteiger partial charge in [-0.25, -0.2) is 4.68 Å². The van der Waals surface area contributed by atoms with Crippen molar-refractivity contribution in [2.24, 2.45) is 0 Å². The summed E-state index contributed by atoms with van der Waals surface area (Å²) >= 11 is 0. The maximum atomic E-state index is 12.7. The highest BCUT2D eigenvalue weighted by molar-refractivity contribution is 5.99. The molecule has 4 heteroatoms. The van der Waals surface area contributed by atoms with Gasteiger partial charge in [0, 0.05) is 0 Å². The first-order chi connectivity index (χ1) is 9.86. The van der Waals surface area contributed by atoms with Crippen molar-refractivity contribution in [3.8, 4) is 5.69 Å². The summed E-state index contributed by atoms with van der Waals surface area (Å²) in [4.78, 5) is 12.7. The molecule has 1 aliphatic heterocycles. The van der Waals surface area contributed by atoms with Crippen LogP contribution in [0.4, 0.5) is 0 Å². The van der Waals surface area contributed by atoms with Crippen molar-refractivity contribution in [2.45, 2.75) is 31.7 Å².